The predicted octanol–water partition coefficient (Wildman–Crippen LogP) is 6.18. The number of hydrogen-bond donors (Lipinski definition) is 2. The summed E-state index contributed by atoms with van der Waals surface area (Å²) in [6.45, 7) is 3.41. The molecule has 0 aliphatic rings. The highest BCUT2D eigenvalue weighted by molar-refractivity contribution is 5.95. The van der Waals surface area contributed by atoms with Crippen LogP contribution in [0.3, 0.4) is 0 Å². The fourth-order valence-electron chi connectivity index (χ4n) is 3.99. The summed E-state index contributed by atoms with van der Waals surface area (Å²) >= 11 is 0. The molecule has 0 radical (unpaired) electrons. The normalized spacial score (nSPS) is 11.1. The minimum absolute atomic E-state index is 0.669. The SMILES string of the molecule is CCOc1ccc2[nH]c(-c3ccccc3-c3ccccc3)c(CCCCN)c2c1. The van der Waals surface area contributed by atoms with Crippen molar-refractivity contribution < 1.29 is 4.74 Å². The number of nitrogens with one attached hydrogen (secondary N) is 1. The first-order valence-electron chi connectivity index (χ1n) is 10.4. The second kappa shape index (κ2) is 8.97. The molecule has 3 nitrogen and oxygen atoms in total. The van der Waals surface area contributed by atoms with E-state index in [9.17, 15) is 0 Å². The number of rotatable bonds is 8. The van der Waals surface area contributed by atoms with Crippen molar-refractivity contribution in [3.63, 3.8) is 0 Å². The van der Waals surface area contributed by atoms with Gasteiger partial charge in [0.25, 0.3) is 0 Å². The maximum atomic E-state index is 5.77. The molecule has 148 valence electrons. The van der Waals surface area contributed by atoms with Crippen LogP contribution in [0.2, 0.25) is 0 Å². The van der Waals surface area contributed by atoms with Gasteiger partial charge in [0.15, 0.2) is 0 Å². The van der Waals surface area contributed by atoms with E-state index in [1.165, 1.54) is 33.3 Å². The molecule has 0 unspecified atom stereocenters. The fourth-order valence-corrected chi connectivity index (χ4v) is 3.99. The Morgan fingerprint density at radius 2 is 1.62 bits per heavy atom. The highest BCUT2D eigenvalue weighted by Gasteiger charge is 2.17. The quantitative estimate of drug-likeness (QED) is 0.356. The lowest BCUT2D eigenvalue weighted by molar-refractivity contribution is 0.340. The highest BCUT2D eigenvalue weighted by atomic mass is 16.5. The van der Waals surface area contributed by atoms with Crippen LogP contribution < -0.4 is 10.5 Å². The van der Waals surface area contributed by atoms with Crippen LogP contribution in [0.1, 0.15) is 25.3 Å². The maximum absolute atomic E-state index is 5.77. The van der Waals surface area contributed by atoms with Gasteiger partial charge in [-0.05, 0) is 67.6 Å². The molecule has 3 aromatic carbocycles. The zero-order valence-corrected chi connectivity index (χ0v) is 16.9. The number of hydrogen-bond acceptors (Lipinski definition) is 2. The number of aromatic amines is 1. The van der Waals surface area contributed by atoms with E-state index in [2.05, 4.69) is 71.7 Å². The summed E-state index contributed by atoms with van der Waals surface area (Å²) in [6.07, 6.45) is 3.09. The molecule has 0 amide bonds. The summed E-state index contributed by atoms with van der Waals surface area (Å²) in [4.78, 5) is 3.70. The molecule has 0 saturated carbocycles. The number of fused-ring (bicyclic) bond motifs is 1. The Balaban J connectivity index is 1.88. The summed E-state index contributed by atoms with van der Waals surface area (Å²) in [5, 5.41) is 1.24. The Kier molecular flexibility index (Phi) is 5.97. The van der Waals surface area contributed by atoms with E-state index in [4.69, 9.17) is 10.5 Å². The number of benzene rings is 3. The highest BCUT2D eigenvalue weighted by Crippen LogP contribution is 2.38. The number of aromatic nitrogens is 1. The number of ether oxygens (including phenoxy) is 1. The lowest BCUT2D eigenvalue weighted by atomic mass is 9.94. The van der Waals surface area contributed by atoms with Crippen LogP contribution in [-0.4, -0.2) is 18.1 Å². The van der Waals surface area contributed by atoms with Crippen molar-refractivity contribution >= 4 is 10.9 Å². The Bertz CT molecular complexity index is 1080. The molecular weight excluding hydrogens is 356 g/mol. The summed E-state index contributed by atoms with van der Waals surface area (Å²) in [7, 11) is 0. The monoisotopic (exact) mass is 384 g/mol. The predicted molar refractivity (Wildman–Crippen MR) is 122 cm³/mol. The Morgan fingerprint density at radius 1 is 0.862 bits per heavy atom. The van der Waals surface area contributed by atoms with Crippen LogP contribution in [0.5, 0.6) is 5.75 Å². The second-order valence-electron chi connectivity index (χ2n) is 7.28. The minimum atomic E-state index is 0.669. The Morgan fingerprint density at radius 3 is 2.38 bits per heavy atom. The molecule has 4 aromatic rings. The summed E-state index contributed by atoms with van der Waals surface area (Å²) in [6, 6.07) is 25.5. The molecule has 4 rings (SSSR count). The number of H-pyrrole nitrogens is 1. The maximum Gasteiger partial charge on any atom is 0.120 e. The first-order chi connectivity index (χ1) is 14.3. The summed E-state index contributed by atoms with van der Waals surface area (Å²) in [5.41, 5.74) is 13.2. The lowest BCUT2D eigenvalue weighted by Crippen LogP contribution is -1.99. The van der Waals surface area contributed by atoms with Crippen molar-refractivity contribution in [2.45, 2.75) is 26.2 Å². The van der Waals surface area contributed by atoms with Crippen LogP contribution in [-0.2, 0) is 6.42 Å². The van der Waals surface area contributed by atoms with E-state index in [1.54, 1.807) is 0 Å². The van der Waals surface area contributed by atoms with Crippen molar-refractivity contribution in [1.82, 2.24) is 4.98 Å². The third-order valence-electron chi connectivity index (χ3n) is 5.35. The molecule has 0 spiro atoms. The van der Waals surface area contributed by atoms with E-state index in [1.807, 2.05) is 13.0 Å². The summed E-state index contributed by atoms with van der Waals surface area (Å²) < 4.78 is 5.77. The van der Waals surface area contributed by atoms with Crippen molar-refractivity contribution in [2.24, 2.45) is 5.73 Å². The van der Waals surface area contributed by atoms with Gasteiger partial charge in [-0.1, -0.05) is 54.6 Å². The molecule has 0 fully saturated rings. The molecule has 0 saturated heterocycles. The van der Waals surface area contributed by atoms with Gasteiger partial charge in [0.05, 0.1) is 12.3 Å². The average Bonchev–Trinajstić information content (AvgIpc) is 3.13. The van der Waals surface area contributed by atoms with Gasteiger partial charge in [0, 0.05) is 16.5 Å². The lowest BCUT2D eigenvalue weighted by Gasteiger charge is -2.11. The van der Waals surface area contributed by atoms with Crippen molar-refractivity contribution in [1.29, 1.82) is 0 Å². The molecule has 1 aromatic heterocycles. The van der Waals surface area contributed by atoms with Crippen LogP contribution >= 0.6 is 0 Å². The smallest absolute Gasteiger partial charge is 0.120 e. The molecule has 0 aliphatic carbocycles. The minimum Gasteiger partial charge on any atom is -0.494 e. The molecule has 3 N–H and O–H groups in total. The van der Waals surface area contributed by atoms with Gasteiger partial charge in [0.1, 0.15) is 5.75 Å². The summed E-state index contributed by atoms with van der Waals surface area (Å²) in [5.74, 6) is 0.918. The molecule has 3 heteroatoms. The van der Waals surface area contributed by atoms with Gasteiger partial charge in [-0.15, -0.1) is 0 Å². The third kappa shape index (κ3) is 4.06. The van der Waals surface area contributed by atoms with Crippen molar-refractivity contribution in [3.8, 4) is 28.1 Å². The van der Waals surface area contributed by atoms with Crippen LogP contribution in [0.25, 0.3) is 33.3 Å². The van der Waals surface area contributed by atoms with Crippen LogP contribution in [0, 0.1) is 0 Å². The Hall–Kier alpha value is -3.04. The van der Waals surface area contributed by atoms with Crippen LogP contribution in [0.15, 0.2) is 72.8 Å². The Labute approximate surface area is 172 Å². The van der Waals surface area contributed by atoms with Gasteiger partial charge in [-0.25, -0.2) is 0 Å². The van der Waals surface area contributed by atoms with E-state index >= 15 is 0 Å². The molecule has 0 atom stereocenters. The van der Waals surface area contributed by atoms with E-state index < -0.39 is 0 Å². The number of unbranched alkanes of at least 4 members (excludes halogenated alkanes) is 1. The van der Waals surface area contributed by atoms with Crippen molar-refractivity contribution in [3.05, 3.63) is 78.4 Å². The van der Waals surface area contributed by atoms with Crippen LogP contribution in [0.4, 0.5) is 0 Å². The van der Waals surface area contributed by atoms with Gasteiger partial charge < -0.3 is 15.5 Å². The molecule has 1 heterocycles. The second-order valence-corrected chi connectivity index (χ2v) is 7.28. The molecule has 0 bridgehead atoms. The molecule has 0 aliphatic heterocycles. The standard InChI is InChI=1S/C26H28N2O/c1-2-29-20-15-16-25-24(18-20)23(14-8-9-17-27)26(28-25)22-13-7-6-12-21(22)19-10-4-3-5-11-19/h3-7,10-13,15-16,18,28H,2,8-9,14,17,27H2,1H3. The first kappa shape index (κ1) is 19.3. The zero-order valence-electron chi connectivity index (χ0n) is 16.9. The molecular formula is C26H28N2O. The largest absolute Gasteiger partial charge is 0.494 e. The first-order valence-corrected chi connectivity index (χ1v) is 10.4. The molecule has 29 heavy (non-hydrogen) atoms. The van der Waals surface area contributed by atoms with E-state index in [-0.39, 0.29) is 0 Å². The van der Waals surface area contributed by atoms with Gasteiger partial charge in [0.2, 0.25) is 0 Å². The topological polar surface area (TPSA) is 51.0 Å². The average molecular weight is 385 g/mol. The third-order valence-corrected chi connectivity index (χ3v) is 5.35. The van der Waals surface area contributed by atoms with Gasteiger partial charge in [-0.2, -0.15) is 0 Å². The number of aryl methyl sites for hydroxylation is 1. The zero-order chi connectivity index (χ0) is 20.1. The van der Waals surface area contributed by atoms with Gasteiger partial charge >= 0.3 is 0 Å². The fraction of sp³-hybridized carbons (Fsp3) is 0.231. The van der Waals surface area contributed by atoms with E-state index in [0.29, 0.717) is 6.61 Å². The van der Waals surface area contributed by atoms with Crippen molar-refractivity contribution in [2.75, 3.05) is 13.2 Å². The van der Waals surface area contributed by atoms with Gasteiger partial charge in [-0.3, -0.25) is 0 Å². The van der Waals surface area contributed by atoms with E-state index in [0.717, 1.165) is 37.1 Å². The number of nitrogens with two attached hydrogens (primary N) is 1.